The molecule has 7 nitrogen and oxygen atoms in total. The lowest BCUT2D eigenvalue weighted by Gasteiger charge is -2.37. The fraction of sp³-hybridized carbons (Fsp3) is 0.280. The molecule has 0 spiro atoms. The zero-order valence-corrected chi connectivity index (χ0v) is 19.0. The molecule has 1 aliphatic carbocycles. The molecule has 0 saturated heterocycles. The van der Waals surface area contributed by atoms with Gasteiger partial charge in [-0.05, 0) is 66.1 Å². The van der Waals surface area contributed by atoms with Crippen LogP contribution in [-0.4, -0.2) is 45.7 Å². The number of nitro groups is 1. The molecule has 174 valence electrons. The molecular formula is C25H22FN3O4S. The lowest BCUT2D eigenvalue weighted by molar-refractivity contribution is -0.384. The van der Waals surface area contributed by atoms with E-state index in [0.29, 0.717) is 12.1 Å². The largest absolute Gasteiger partial charge is 0.330 e. The molecule has 1 unspecified atom stereocenters. The van der Waals surface area contributed by atoms with Gasteiger partial charge in [-0.1, -0.05) is 12.1 Å². The Morgan fingerprint density at radius 2 is 1.79 bits per heavy atom. The van der Waals surface area contributed by atoms with Crippen molar-refractivity contribution in [3.63, 3.8) is 0 Å². The number of amides is 2. The summed E-state index contributed by atoms with van der Waals surface area (Å²) >= 11 is 1.65. The van der Waals surface area contributed by atoms with Gasteiger partial charge in [0.2, 0.25) is 5.91 Å². The van der Waals surface area contributed by atoms with Gasteiger partial charge >= 0.3 is 0 Å². The summed E-state index contributed by atoms with van der Waals surface area (Å²) in [6, 6.07) is 13.3. The lowest BCUT2D eigenvalue weighted by atomic mass is 9.93. The monoisotopic (exact) mass is 479 g/mol. The van der Waals surface area contributed by atoms with Gasteiger partial charge in [0, 0.05) is 35.2 Å². The molecule has 2 amide bonds. The molecule has 1 aliphatic heterocycles. The highest BCUT2D eigenvalue weighted by atomic mass is 32.1. The molecule has 0 N–H and O–H groups in total. The van der Waals surface area contributed by atoms with Crippen LogP contribution in [0, 0.1) is 15.9 Å². The Hall–Kier alpha value is -3.59. The molecule has 2 aliphatic rings. The van der Waals surface area contributed by atoms with E-state index in [2.05, 4.69) is 0 Å². The molecule has 3 aromatic rings. The van der Waals surface area contributed by atoms with Crippen molar-refractivity contribution in [3.8, 4) is 0 Å². The SMILES string of the molecule is O=C(c1ccc([N+](=O)[O-])cc1)N(CC(=O)N1CCc2sccc2C1c1ccc(F)cc1)C1CC1. The van der Waals surface area contributed by atoms with E-state index in [1.165, 1.54) is 41.3 Å². The first kappa shape index (κ1) is 22.2. The van der Waals surface area contributed by atoms with Gasteiger partial charge < -0.3 is 9.80 Å². The van der Waals surface area contributed by atoms with Crippen molar-refractivity contribution in [2.75, 3.05) is 13.1 Å². The Morgan fingerprint density at radius 1 is 1.09 bits per heavy atom. The summed E-state index contributed by atoms with van der Waals surface area (Å²) < 4.78 is 13.6. The van der Waals surface area contributed by atoms with Gasteiger partial charge in [-0.25, -0.2) is 4.39 Å². The maximum absolute atomic E-state index is 13.6. The van der Waals surface area contributed by atoms with E-state index in [0.717, 1.165) is 30.4 Å². The third kappa shape index (κ3) is 4.31. The Labute approximate surface area is 199 Å². The zero-order chi connectivity index (χ0) is 23.8. The zero-order valence-electron chi connectivity index (χ0n) is 18.2. The smallest absolute Gasteiger partial charge is 0.269 e. The number of halogens is 1. The molecule has 1 saturated carbocycles. The first-order valence-corrected chi connectivity index (χ1v) is 12.0. The Morgan fingerprint density at radius 3 is 2.44 bits per heavy atom. The van der Waals surface area contributed by atoms with Crippen molar-refractivity contribution >= 4 is 28.8 Å². The van der Waals surface area contributed by atoms with Gasteiger partial charge in [0.15, 0.2) is 0 Å². The molecule has 2 aromatic carbocycles. The van der Waals surface area contributed by atoms with E-state index in [4.69, 9.17) is 0 Å². The first-order chi connectivity index (χ1) is 16.4. The van der Waals surface area contributed by atoms with Crippen molar-refractivity contribution in [1.29, 1.82) is 0 Å². The normalized spacial score (nSPS) is 17.2. The number of non-ortho nitro benzene ring substituents is 1. The standard InChI is InChI=1S/C25H22FN3O4S/c26-18-5-1-16(2-6-18)24-21-12-14-34-22(21)11-13-27(24)23(30)15-28(19-9-10-19)25(31)17-3-7-20(8-4-17)29(32)33/h1-8,12,14,19,24H,9-11,13,15H2. The fourth-order valence-electron chi connectivity index (χ4n) is 4.47. The molecule has 1 fully saturated rings. The van der Waals surface area contributed by atoms with Crippen LogP contribution in [-0.2, 0) is 11.2 Å². The molecule has 34 heavy (non-hydrogen) atoms. The Balaban J connectivity index is 1.40. The molecule has 0 bridgehead atoms. The number of thiophene rings is 1. The van der Waals surface area contributed by atoms with Crippen molar-refractivity contribution in [2.24, 2.45) is 0 Å². The van der Waals surface area contributed by atoms with E-state index in [9.17, 15) is 24.1 Å². The number of benzene rings is 2. The number of nitro benzene ring substituents is 1. The summed E-state index contributed by atoms with van der Waals surface area (Å²) in [5.41, 5.74) is 2.09. The van der Waals surface area contributed by atoms with Gasteiger partial charge in [-0.3, -0.25) is 19.7 Å². The van der Waals surface area contributed by atoms with E-state index >= 15 is 0 Å². The van der Waals surface area contributed by atoms with Gasteiger partial charge in [-0.2, -0.15) is 0 Å². The number of carbonyl (C=O) groups is 2. The highest BCUT2D eigenvalue weighted by molar-refractivity contribution is 7.10. The second-order valence-corrected chi connectivity index (χ2v) is 9.56. The van der Waals surface area contributed by atoms with Crippen molar-refractivity contribution < 1.29 is 18.9 Å². The summed E-state index contributed by atoms with van der Waals surface area (Å²) in [7, 11) is 0. The highest BCUT2D eigenvalue weighted by Crippen LogP contribution is 2.38. The second-order valence-electron chi connectivity index (χ2n) is 8.56. The van der Waals surface area contributed by atoms with Crippen LogP contribution in [0.2, 0.25) is 0 Å². The maximum atomic E-state index is 13.6. The minimum Gasteiger partial charge on any atom is -0.330 e. The topological polar surface area (TPSA) is 83.8 Å². The number of rotatable bonds is 6. The minimum absolute atomic E-state index is 0.0163. The minimum atomic E-state index is -0.513. The summed E-state index contributed by atoms with van der Waals surface area (Å²) in [5, 5.41) is 12.9. The molecular weight excluding hydrogens is 457 g/mol. The maximum Gasteiger partial charge on any atom is 0.269 e. The quantitative estimate of drug-likeness (QED) is 0.383. The summed E-state index contributed by atoms with van der Waals surface area (Å²) in [6.07, 6.45) is 2.38. The van der Waals surface area contributed by atoms with Gasteiger partial charge in [0.1, 0.15) is 12.4 Å². The van der Waals surface area contributed by atoms with Gasteiger partial charge in [0.05, 0.1) is 11.0 Å². The fourth-order valence-corrected chi connectivity index (χ4v) is 5.37. The van der Waals surface area contributed by atoms with Crippen LogP contribution < -0.4 is 0 Å². The average Bonchev–Trinajstić information content (AvgIpc) is 3.57. The number of carbonyl (C=O) groups excluding carboxylic acids is 2. The summed E-state index contributed by atoms with van der Waals surface area (Å²) in [5.74, 6) is -0.817. The van der Waals surface area contributed by atoms with Crippen LogP contribution in [0.3, 0.4) is 0 Å². The molecule has 0 radical (unpaired) electrons. The molecule has 5 rings (SSSR count). The van der Waals surface area contributed by atoms with Crippen LogP contribution in [0.4, 0.5) is 10.1 Å². The van der Waals surface area contributed by atoms with Crippen molar-refractivity contribution in [1.82, 2.24) is 9.80 Å². The van der Waals surface area contributed by atoms with E-state index < -0.39 is 4.92 Å². The van der Waals surface area contributed by atoms with Crippen LogP contribution >= 0.6 is 11.3 Å². The first-order valence-electron chi connectivity index (χ1n) is 11.1. The molecule has 9 heteroatoms. The van der Waals surface area contributed by atoms with Crippen molar-refractivity contribution in [2.45, 2.75) is 31.3 Å². The summed E-state index contributed by atoms with van der Waals surface area (Å²) in [6.45, 7) is 0.441. The van der Waals surface area contributed by atoms with E-state index in [1.807, 2.05) is 11.4 Å². The number of nitrogens with zero attached hydrogens (tertiary/aromatic N) is 3. The van der Waals surface area contributed by atoms with E-state index in [-0.39, 0.29) is 41.9 Å². The van der Waals surface area contributed by atoms with Gasteiger partial charge in [0.25, 0.3) is 11.6 Å². The van der Waals surface area contributed by atoms with Crippen LogP contribution in [0.5, 0.6) is 0 Å². The number of hydrogen-bond acceptors (Lipinski definition) is 5. The number of hydrogen-bond donors (Lipinski definition) is 0. The van der Waals surface area contributed by atoms with Gasteiger partial charge in [-0.15, -0.1) is 11.3 Å². The predicted octanol–water partition coefficient (Wildman–Crippen LogP) is 4.57. The third-order valence-electron chi connectivity index (χ3n) is 6.35. The lowest BCUT2D eigenvalue weighted by Crippen LogP contribution is -2.47. The predicted molar refractivity (Wildman–Crippen MR) is 125 cm³/mol. The van der Waals surface area contributed by atoms with Crippen LogP contribution in [0.1, 0.15) is 45.2 Å². The van der Waals surface area contributed by atoms with Crippen LogP contribution in [0.15, 0.2) is 60.0 Å². The van der Waals surface area contributed by atoms with E-state index in [1.54, 1.807) is 33.3 Å². The summed E-state index contributed by atoms with van der Waals surface area (Å²) in [4.78, 5) is 41.8. The molecule has 1 atom stereocenters. The second kappa shape index (κ2) is 8.98. The average molecular weight is 480 g/mol. The Kier molecular flexibility index (Phi) is 5.87. The Bertz CT molecular complexity index is 1240. The molecule has 1 aromatic heterocycles. The van der Waals surface area contributed by atoms with Crippen LogP contribution in [0.25, 0.3) is 0 Å². The van der Waals surface area contributed by atoms with Crippen molar-refractivity contribution in [3.05, 3.63) is 97.5 Å². The third-order valence-corrected chi connectivity index (χ3v) is 7.35. The number of fused-ring (bicyclic) bond motifs is 1. The molecule has 2 heterocycles. The highest BCUT2D eigenvalue weighted by Gasteiger charge is 2.38.